The summed E-state index contributed by atoms with van der Waals surface area (Å²) in [4.78, 5) is 90.7. The molecule has 788 valence electrons. The Morgan fingerprint density at radius 2 is 0.304 bits per heavy atom. The number of hydrogen-bond acceptors (Lipinski definition) is 24. The van der Waals surface area contributed by atoms with Crippen LogP contribution in [0, 0.1) is 21.4 Å². The molecule has 0 saturated heterocycles. The van der Waals surface area contributed by atoms with Gasteiger partial charge in [-0.25, -0.2) is 0 Å². The first-order chi connectivity index (χ1) is 68.8. The maximum absolute atomic E-state index is 11.6. The summed E-state index contributed by atoms with van der Waals surface area (Å²) in [6.07, 6.45) is 13.5. The Bertz CT molecular complexity index is 4900. The van der Waals surface area contributed by atoms with Gasteiger partial charge in [-0.15, -0.1) is 39.6 Å². The molecule has 12 aromatic rings. The molecular formula is C108H114Fe4I6N12O18. The second-order valence-corrected chi connectivity index (χ2v) is 38.2. The summed E-state index contributed by atoms with van der Waals surface area (Å²) >= 11 is 12.8. The molecule has 0 heterocycles. The molecule has 0 spiro atoms. The van der Waals surface area contributed by atoms with E-state index >= 15 is 0 Å². The zero-order valence-corrected chi connectivity index (χ0v) is 100. The summed E-state index contributed by atoms with van der Waals surface area (Å²) < 4.78 is 5.82. The minimum absolute atomic E-state index is 0. The Hall–Kier alpha value is -9.50. The van der Waals surface area contributed by atoms with E-state index in [0.29, 0.717) is 33.4 Å². The Morgan fingerprint density at radius 3 is 0.392 bits per heavy atom. The largest absolute Gasteiger partial charge is 3.00 e. The molecule has 40 heteroatoms. The number of carbonyl (C=O) groups excluding carboxylic acids is 6. The second-order valence-electron chi connectivity index (χ2n) is 30.7. The predicted molar refractivity (Wildman–Crippen MR) is 600 cm³/mol. The van der Waals surface area contributed by atoms with Gasteiger partial charge in [-0.1, -0.05) is 253 Å². The van der Waals surface area contributed by atoms with Gasteiger partial charge in [0.05, 0.1) is 36.3 Å². The Balaban J connectivity index is -0.000000791. The molecule has 0 unspecified atom stereocenters. The minimum Gasteiger partial charge on any atom is -0.872 e. The Labute approximate surface area is 992 Å². The van der Waals surface area contributed by atoms with Gasteiger partial charge in [0.2, 0.25) is 38.5 Å². The number of amides is 6. The number of aliphatic imine (C=N–C) groups is 6. The van der Waals surface area contributed by atoms with Crippen LogP contribution in [0.25, 0.3) is 0 Å². The standard InChI is InChI=1S/6C15H13INO2.6C3H7NO.4Fe/c6*16-13-6-7-15(19)12(8-13)9-17-14(10-18)11-4-2-1-3-5-11;6*1-4(2)3-5;;;;/h6*1-9,14,19H,10H2;6*3H,1-2H3;;;;/q6*-1;;;;;;;4*+3/p-6/t6*14-;;;;;;;;;;/m000000........../s1. The third kappa shape index (κ3) is 66.2. The Kier molecular flexibility index (Phi) is 86.2. The molecule has 0 fully saturated rings. The molecule has 0 bridgehead atoms. The molecule has 30 nitrogen and oxygen atoms in total. The molecule has 0 aliphatic carbocycles. The Morgan fingerprint density at radius 1 is 0.203 bits per heavy atom. The van der Waals surface area contributed by atoms with Gasteiger partial charge in [0.15, 0.2) is 0 Å². The van der Waals surface area contributed by atoms with Crippen molar-refractivity contribution in [3.05, 3.63) is 379 Å². The van der Waals surface area contributed by atoms with Gasteiger partial charge >= 0.3 is 68.3 Å². The van der Waals surface area contributed by atoms with Crippen molar-refractivity contribution in [2.45, 2.75) is 36.3 Å². The van der Waals surface area contributed by atoms with E-state index in [1.54, 1.807) is 157 Å². The summed E-state index contributed by atoms with van der Waals surface area (Å²) in [5.74, 6) is -0.490. The number of halogens is 6. The molecular weight excluding hydrogens is 2740 g/mol. The number of benzene rings is 12. The minimum atomic E-state index is -0.446. The van der Waals surface area contributed by atoms with Gasteiger partial charge in [-0.3, -0.25) is 58.7 Å². The van der Waals surface area contributed by atoms with E-state index in [1.807, 2.05) is 182 Å². The van der Waals surface area contributed by atoms with Crippen molar-refractivity contribution < 1.29 is 158 Å². The van der Waals surface area contributed by atoms with Gasteiger partial charge in [-0.2, -0.15) is 0 Å². The average Bonchev–Trinajstić information content (AvgIpc) is 0.879. The van der Waals surface area contributed by atoms with Crippen LogP contribution in [0.3, 0.4) is 0 Å². The van der Waals surface area contributed by atoms with E-state index in [4.69, 9.17) is 0 Å². The molecule has 12 rings (SSSR count). The average molecular weight is 2850 g/mol. The van der Waals surface area contributed by atoms with Crippen molar-refractivity contribution in [1.29, 1.82) is 0 Å². The number of carbonyl (C=O) groups is 6. The third-order valence-corrected chi connectivity index (χ3v) is 21.5. The number of nitrogens with zero attached hydrogens (tertiary/aromatic N) is 12. The molecule has 0 aromatic heterocycles. The van der Waals surface area contributed by atoms with E-state index < -0.39 is 36.3 Å². The molecule has 12 aromatic carbocycles. The first-order valence-corrected chi connectivity index (χ1v) is 49.8. The molecule has 0 N–H and O–H groups in total. The van der Waals surface area contributed by atoms with Gasteiger partial charge in [0.25, 0.3) is 0 Å². The third-order valence-electron chi connectivity index (χ3n) is 17.5. The van der Waals surface area contributed by atoms with Gasteiger partial charge in [0, 0.05) is 143 Å². The van der Waals surface area contributed by atoms with Crippen LogP contribution < -0.4 is 61.3 Å². The summed E-state index contributed by atoms with van der Waals surface area (Å²) in [6, 6.07) is 83.7. The van der Waals surface area contributed by atoms with E-state index in [1.165, 1.54) is 103 Å². The summed E-state index contributed by atoms with van der Waals surface area (Å²) in [6.45, 7) is -2.01. The zero-order valence-electron chi connectivity index (χ0n) is 82.7. The normalized spacial score (nSPS) is 11.2. The van der Waals surface area contributed by atoms with E-state index in [-0.39, 0.29) is 142 Å². The van der Waals surface area contributed by atoms with Gasteiger partial charge in [0.1, 0.15) is 0 Å². The van der Waals surface area contributed by atoms with Crippen molar-refractivity contribution in [3.8, 4) is 34.5 Å². The fourth-order valence-corrected chi connectivity index (χ4v) is 13.2. The monoisotopic (exact) mass is 2850 g/mol. The summed E-state index contributed by atoms with van der Waals surface area (Å²) in [5.41, 5.74) is 8.30. The molecule has 0 saturated carbocycles. The van der Waals surface area contributed by atoms with E-state index in [2.05, 4.69) is 165 Å². The summed E-state index contributed by atoms with van der Waals surface area (Å²) in [5, 5.41) is 137. The van der Waals surface area contributed by atoms with Crippen LogP contribution in [0.4, 0.5) is 0 Å². The zero-order chi connectivity index (χ0) is 108. The smallest absolute Gasteiger partial charge is 0.872 e. The fraction of sp³-hybridized carbons (Fsp3) is 0.222. The maximum Gasteiger partial charge on any atom is 3.00 e. The van der Waals surface area contributed by atoms with Crippen molar-refractivity contribution in [2.75, 3.05) is 124 Å². The second kappa shape index (κ2) is 88.1. The molecule has 6 atom stereocenters. The molecule has 6 amide bonds. The maximum atomic E-state index is 11.6. The van der Waals surface area contributed by atoms with Gasteiger partial charge in [-0.05, 0) is 275 Å². The quantitative estimate of drug-likeness (QED) is 0.0175. The van der Waals surface area contributed by atoms with Crippen molar-refractivity contribution in [2.24, 2.45) is 30.0 Å². The topological polar surface area (TPSA) is 473 Å². The van der Waals surface area contributed by atoms with E-state index in [0.717, 1.165) is 93.3 Å². The van der Waals surface area contributed by atoms with Crippen LogP contribution in [0.2, 0.25) is 0 Å². The number of hydrogen-bond donors (Lipinski definition) is 0. The first kappa shape index (κ1) is 145. The fourth-order valence-electron chi connectivity index (χ4n) is 10.1. The van der Waals surface area contributed by atoms with Crippen LogP contribution >= 0.6 is 136 Å². The summed E-state index contributed by atoms with van der Waals surface area (Å²) in [7, 11) is 20.2. The van der Waals surface area contributed by atoms with Crippen molar-refractivity contribution in [3.63, 3.8) is 0 Å². The van der Waals surface area contributed by atoms with Crippen molar-refractivity contribution in [1.82, 2.24) is 29.4 Å². The molecule has 0 aliphatic heterocycles. The van der Waals surface area contributed by atoms with Crippen LogP contribution in [0.1, 0.15) is 103 Å². The van der Waals surface area contributed by atoms with Gasteiger partial charge < -0.3 is 90.7 Å². The van der Waals surface area contributed by atoms with Crippen LogP contribution in [0.15, 0.2) is 321 Å². The van der Waals surface area contributed by atoms with Crippen LogP contribution in [0.5, 0.6) is 34.5 Å². The van der Waals surface area contributed by atoms with Crippen LogP contribution in [-0.4, -0.2) is 229 Å². The van der Waals surface area contributed by atoms with E-state index in [9.17, 15) is 90.0 Å². The van der Waals surface area contributed by atoms with Crippen molar-refractivity contribution >= 4 is 211 Å². The first-order valence-electron chi connectivity index (χ1n) is 43.3. The molecule has 148 heavy (non-hydrogen) atoms. The molecule has 0 aliphatic rings. The predicted octanol–water partition coefficient (Wildman–Crippen LogP) is 9.53. The van der Waals surface area contributed by atoms with Crippen LogP contribution in [-0.2, 0) is 97.0 Å². The SMILES string of the molecule is CN(C)C=O.CN(C)C=O.CN(C)C=O.CN(C)C=O.CN(C)C=O.CN(C)C=O.[Fe+3].[Fe+3].[Fe+3].[Fe+3].[O-]C[C@H](N=Cc1cc(I)ccc1[O-])c1ccccc1.[O-]C[C@H](N=Cc1cc(I)ccc1[O-])c1ccccc1.[O-]C[C@H](N=Cc1cc(I)ccc1[O-])c1ccccc1.[O-]C[C@H](N=Cc1cc(I)ccc1[O-])c1ccccc1.[O-]C[C@H](N=Cc1cc(I)ccc1[O-])c1ccccc1.[O-]C[C@H](N=Cc1cc(I)ccc1[O-])c1ccccc1. The molecule has 4 radical (unpaired) electrons. The number of rotatable bonds is 30.